The maximum Gasteiger partial charge on any atom is 0.326 e. The highest BCUT2D eigenvalue weighted by Crippen LogP contribution is 2.41. The number of carboxylic acid groups (broad SMARTS) is 1. The number of rotatable bonds is 13. The lowest BCUT2D eigenvalue weighted by Gasteiger charge is -2.39. The van der Waals surface area contributed by atoms with Crippen LogP contribution >= 0.6 is 23.2 Å². The molecule has 8 rings (SSSR count). The topological polar surface area (TPSA) is 149 Å². The molecule has 6 aromatic rings. The number of aliphatic carboxylic acids is 1. The minimum absolute atomic E-state index is 0.000374. The number of carbonyl (C=O) groups excluding carboxylic acids is 2. The van der Waals surface area contributed by atoms with E-state index in [1.54, 1.807) is 48.7 Å². The van der Waals surface area contributed by atoms with Gasteiger partial charge in [0.05, 0.1) is 15.6 Å². The molecule has 334 valence electrons. The monoisotopic (exact) mass is 914 g/mol. The van der Waals surface area contributed by atoms with Gasteiger partial charge in [0.25, 0.3) is 0 Å². The molecule has 0 fully saturated rings. The molecule has 12 nitrogen and oxygen atoms in total. The molecule has 3 N–H and O–H groups in total. The first-order valence-corrected chi connectivity index (χ1v) is 21.9. The average molecular weight is 916 g/mol. The van der Waals surface area contributed by atoms with Crippen molar-refractivity contribution >= 4 is 41.1 Å². The van der Waals surface area contributed by atoms with Gasteiger partial charge in [-0.3, -0.25) is 9.78 Å². The second kappa shape index (κ2) is 19.1. The summed E-state index contributed by atoms with van der Waals surface area (Å²) in [5.74, 6) is 1.11. The highest BCUT2D eigenvalue weighted by Gasteiger charge is 2.39. The molecule has 3 atom stereocenters. The summed E-state index contributed by atoms with van der Waals surface area (Å²) in [5.41, 5.74) is 5.82. The Bertz CT molecular complexity index is 2710. The van der Waals surface area contributed by atoms with Crippen LogP contribution in [0.3, 0.4) is 0 Å². The fraction of sp³-hybridized carbons (Fsp3) is 0.255. The number of urea groups is 1. The Balaban J connectivity index is 0.986. The van der Waals surface area contributed by atoms with Crippen LogP contribution in [0, 0.1) is 13.8 Å². The number of fused-ring (bicyclic) bond motifs is 2. The lowest BCUT2D eigenvalue weighted by Crippen LogP contribution is -2.59. The van der Waals surface area contributed by atoms with Gasteiger partial charge in [-0.2, -0.15) is 0 Å². The Labute approximate surface area is 387 Å². The molecule has 0 aliphatic carbocycles. The second-order valence-corrected chi connectivity index (χ2v) is 17.5. The zero-order valence-electron chi connectivity index (χ0n) is 36.3. The number of halogens is 2. The number of aromatic nitrogens is 1. The molecule has 5 aromatic carbocycles. The van der Waals surface area contributed by atoms with Crippen LogP contribution < -0.4 is 29.6 Å². The van der Waals surface area contributed by atoms with Crippen molar-refractivity contribution in [2.45, 2.75) is 77.4 Å². The minimum atomic E-state index is -1.29. The van der Waals surface area contributed by atoms with Gasteiger partial charge in [-0.05, 0) is 116 Å². The van der Waals surface area contributed by atoms with Crippen molar-refractivity contribution in [2.75, 3.05) is 6.61 Å². The van der Waals surface area contributed by atoms with Gasteiger partial charge in [0.15, 0.2) is 17.6 Å². The minimum Gasteiger partial charge on any atom is -0.489 e. The summed E-state index contributed by atoms with van der Waals surface area (Å²) in [6.07, 6.45) is 1.36. The molecule has 0 saturated heterocycles. The first-order chi connectivity index (χ1) is 31.2. The number of pyridine rings is 1. The van der Waals surface area contributed by atoms with Crippen LogP contribution in [0.15, 0.2) is 121 Å². The normalized spacial score (nSPS) is 15.9. The third kappa shape index (κ3) is 10.5. The molecular formula is C51H48Cl2N4O8. The van der Waals surface area contributed by atoms with Crippen molar-refractivity contribution in [2.24, 2.45) is 0 Å². The molecule has 3 unspecified atom stereocenters. The van der Waals surface area contributed by atoms with Gasteiger partial charge >= 0.3 is 12.0 Å². The SMILES string of the molecule is Cc1nccc(Oc2ccc(CC(NC(=O)C3Cc4cc5c(cc4CN3C(=O)NC(C)(C)c3ccccc3)OC(c3ccc(OCc4ccc(Cl)c(Cl)c4)cc3)CO5)C(=O)O)cc2)c1C. The van der Waals surface area contributed by atoms with Crippen LogP contribution in [0.4, 0.5) is 4.79 Å². The molecule has 3 amide bonds. The van der Waals surface area contributed by atoms with Crippen molar-refractivity contribution < 1.29 is 38.4 Å². The first-order valence-electron chi connectivity index (χ1n) is 21.2. The summed E-state index contributed by atoms with van der Waals surface area (Å²) in [6, 6.07) is 32.2. The molecular weight excluding hydrogens is 867 g/mol. The average Bonchev–Trinajstić information content (AvgIpc) is 3.30. The van der Waals surface area contributed by atoms with Crippen molar-refractivity contribution in [3.05, 3.63) is 176 Å². The van der Waals surface area contributed by atoms with E-state index in [9.17, 15) is 19.5 Å². The summed E-state index contributed by atoms with van der Waals surface area (Å²) in [6.45, 7) is 8.21. The van der Waals surface area contributed by atoms with Gasteiger partial charge < -0.3 is 39.6 Å². The summed E-state index contributed by atoms with van der Waals surface area (Å²) >= 11 is 12.2. The summed E-state index contributed by atoms with van der Waals surface area (Å²) in [4.78, 5) is 47.1. The standard InChI is InChI=1S/C51H48Cl2N4O8/c1-30-31(2)54-21-20-44(30)64-39-15-10-32(11-16-39)23-42(49(59)60)55-48(58)43-24-35-25-45-46(26-36(35)27-57(43)50(61)56-51(3,4)37-8-6-5-7-9-37)65-47(29-63-45)34-13-17-38(18-14-34)62-28-33-12-19-40(52)41(53)22-33/h5-22,25-26,42-43,47H,23-24,27-29H2,1-4H3,(H,55,58)(H,56,61)(H,59,60). The predicted octanol–water partition coefficient (Wildman–Crippen LogP) is 10.1. The number of aryl methyl sites for hydroxylation is 1. The van der Waals surface area contributed by atoms with Gasteiger partial charge in [-0.25, -0.2) is 9.59 Å². The fourth-order valence-electron chi connectivity index (χ4n) is 7.86. The van der Waals surface area contributed by atoms with Crippen LogP contribution in [0.25, 0.3) is 0 Å². The molecule has 0 bridgehead atoms. The van der Waals surface area contributed by atoms with E-state index < -0.39 is 41.6 Å². The van der Waals surface area contributed by atoms with E-state index in [1.165, 1.54) is 4.90 Å². The molecule has 0 spiro atoms. The van der Waals surface area contributed by atoms with Crippen LogP contribution in [0.2, 0.25) is 10.0 Å². The van der Waals surface area contributed by atoms with Crippen molar-refractivity contribution in [1.29, 1.82) is 0 Å². The summed E-state index contributed by atoms with van der Waals surface area (Å²) < 4.78 is 24.8. The Kier molecular flexibility index (Phi) is 13.2. The number of nitrogens with zero attached hydrogens (tertiary/aromatic N) is 2. The number of ether oxygens (including phenoxy) is 4. The van der Waals surface area contributed by atoms with Gasteiger partial charge in [0.1, 0.15) is 42.5 Å². The summed E-state index contributed by atoms with van der Waals surface area (Å²) in [5, 5.41) is 17.2. The maximum atomic E-state index is 14.4. The number of hydrogen-bond acceptors (Lipinski definition) is 8. The van der Waals surface area contributed by atoms with Gasteiger partial charge in [0, 0.05) is 36.8 Å². The van der Waals surface area contributed by atoms with E-state index in [0.717, 1.165) is 39.1 Å². The van der Waals surface area contributed by atoms with Gasteiger partial charge in [0.2, 0.25) is 5.91 Å². The largest absolute Gasteiger partial charge is 0.489 e. The molecule has 2 aliphatic heterocycles. The molecule has 2 aliphatic rings. The number of carbonyl (C=O) groups is 3. The first kappa shape index (κ1) is 44.8. The molecule has 0 saturated carbocycles. The quantitative estimate of drug-likeness (QED) is 0.103. The van der Waals surface area contributed by atoms with Crippen LogP contribution in [-0.2, 0) is 41.1 Å². The Morgan fingerprint density at radius 1 is 0.862 bits per heavy atom. The van der Waals surface area contributed by atoms with E-state index in [4.69, 9.17) is 42.1 Å². The Hall–Kier alpha value is -6.76. The van der Waals surface area contributed by atoms with Crippen molar-refractivity contribution in [3.63, 3.8) is 0 Å². The number of amides is 3. The zero-order chi connectivity index (χ0) is 45.8. The lowest BCUT2D eigenvalue weighted by molar-refractivity contribution is -0.142. The third-order valence-electron chi connectivity index (χ3n) is 11.8. The Morgan fingerprint density at radius 2 is 1.57 bits per heavy atom. The van der Waals surface area contributed by atoms with E-state index >= 15 is 0 Å². The van der Waals surface area contributed by atoms with Crippen LogP contribution in [0.5, 0.6) is 28.7 Å². The highest BCUT2D eigenvalue weighted by molar-refractivity contribution is 6.42. The predicted molar refractivity (Wildman–Crippen MR) is 247 cm³/mol. The third-order valence-corrected chi connectivity index (χ3v) is 12.5. The van der Waals surface area contributed by atoms with Crippen molar-refractivity contribution in [1.82, 2.24) is 20.5 Å². The molecule has 14 heteroatoms. The Morgan fingerprint density at radius 3 is 2.29 bits per heavy atom. The van der Waals surface area contributed by atoms with E-state index in [-0.39, 0.29) is 26.0 Å². The lowest BCUT2D eigenvalue weighted by atomic mass is 9.91. The highest BCUT2D eigenvalue weighted by atomic mass is 35.5. The number of benzene rings is 5. The maximum absolute atomic E-state index is 14.4. The zero-order valence-corrected chi connectivity index (χ0v) is 37.8. The summed E-state index contributed by atoms with van der Waals surface area (Å²) in [7, 11) is 0. The van der Waals surface area contributed by atoms with E-state index in [0.29, 0.717) is 51.0 Å². The second-order valence-electron chi connectivity index (χ2n) is 16.7. The number of hydrogen-bond donors (Lipinski definition) is 3. The van der Waals surface area contributed by atoms with Gasteiger partial charge in [-0.15, -0.1) is 0 Å². The number of carboxylic acids is 1. The molecule has 65 heavy (non-hydrogen) atoms. The number of nitrogens with one attached hydrogen (secondary N) is 2. The van der Waals surface area contributed by atoms with E-state index in [2.05, 4.69) is 15.6 Å². The van der Waals surface area contributed by atoms with E-state index in [1.807, 2.05) is 100 Å². The van der Waals surface area contributed by atoms with Crippen molar-refractivity contribution in [3.8, 4) is 28.7 Å². The fourth-order valence-corrected chi connectivity index (χ4v) is 8.18. The van der Waals surface area contributed by atoms with Gasteiger partial charge in [-0.1, -0.05) is 83.9 Å². The molecule has 1 aromatic heterocycles. The molecule has 0 radical (unpaired) electrons. The smallest absolute Gasteiger partial charge is 0.326 e. The van der Waals surface area contributed by atoms with Crippen LogP contribution in [-0.4, -0.2) is 51.6 Å². The van der Waals surface area contributed by atoms with Crippen LogP contribution in [0.1, 0.15) is 64.6 Å². The molecule has 3 heterocycles.